The summed E-state index contributed by atoms with van der Waals surface area (Å²) in [6.45, 7) is 3.39. The van der Waals surface area contributed by atoms with E-state index < -0.39 is 11.0 Å². The highest BCUT2D eigenvalue weighted by molar-refractivity contribution is 5.46. The first-order chi connectivity index (χ1) is 11.7. The molecule has 0 spiro atoms. The second kappa shape index (κ2) is 7.42. The Hall–Kier alpha value is -2.44. The predicted molar refractivity (Wildman–Crippen MR) is 90.1 cm³/mol. The molecule has 0 radical (unpaired) electrons. The lowest BCUT2D eigenvalue weighted by Gasteiger charge is -2.36. The molecule has 126 valence electrons. The summed E-state index contributed by atoms with van der Waals surface area (Å²) in [5.41, 5.74) is 0.881. The van der Waals surface area contributed by atoms with E-state index >= 15 is 0 Å². The third-order valence-electron chi connectivity index (χ3n) is 4.11. The van der Waals surface area contributed by atoms with E-state index in [2.05, 4.69) is 5.32 Å². The van der Waals surface area contributed by atoms with Crippen molar-refractivity contribution in [3.05, 3.63) is 70.3 Å². The zero-order valence-corrected chi connectivity index (χ0v) is 13.4. The van der Waals surface area contributed by atoms with Gasteiger partial charge in [-0.2, -0.15) is 0 Å². The lowest BCUT2D eigenvalue weighted by Crippen LogP contribution is -2.50. The summed E-state index contributed by atoms with van der Waals surface area (Å²) in [6, 6.07) is 16.2. The monoisotopic (exact) mass is 328 g/mol. The van der Waals surface area contributed by atoms with E-state index in [4.69, 9.17) is 9.47 Å². The molecule has 6 nitrogen and oxygen atoms in total. The molecule has 3 unspecified atom stereocenters. The fourth-order valence-electron chi connectivity index (χ4n) is 2.90. The van der Waals surface area contributed by atoms with Gasteiger partial charge in [-0.05, 0) is 18.6 Å². The van der Waals surface area contributed by atoms with Gasteiger partial charge in [-0.1, -0.05) is 42.5 Å². The van der Waals surface area contributed by atoms with Gasteiger partial charge in [0.25, 0.3) is 0 Å². The Morgan fingerprint density at radius 1 is 1.21 bits per heavy atom. The Kier molecular flexibility index (Phi) is 5.08. The van der Waals surface area contributed by atoms with Gasteiger partial charge in [0, 0.05) is 18.7 Å². The number of ether oxygens (including phenoxy) is 2. The zero-order valence-electron chi connectivity index (χ0n) is 13.4. The zero-order chi connectivity index (χ0) is 16.9. The van der Waals surface area contributed by atoms with Crippen molar-refractivity contribution in [2.24, 2.45) is 0 Å². The van der Waals surface area contributed by atoms with Gasteiger partial charge in [-0.15, -0.1) is 0 Å². The summed E-state index contributed by atoms with van der Waals surface area (Å²) >= 11 is 0. The van der Waals surface area contributed by atoms with Crippen molar-refractivity contribution in [3.63, 3.8) is 0 Å². The van der Waals surface area contributed by atoms with Crippen LogP contribution < -0.4 is 10.1 Å². The number of nitrogens with zero attached hydrogens (tertiary/aromatic N) is 1. The maximum absolute atomic E-state index is 11.3. The first-order valence-electron chi connectivity index (χ1n) is 7.97. The molecule has 1 N–H and O–H groups in total. The maximum Gasteiger partial charge on any atom is 0.310 e. The second-order valence-electron chi connectivity index (χ2n) is 5.75. The maximum atomic E-state index is 11.3. The molecule has 1 aliphatic heterocycles. The van der Waals surface area contributed by atoms with Crippen LogP contribution in [0.3, 0.4) is 0 Å². The summed E-state index contributed by atoms with van der Waals surface area (Å²) < 4.78 is 12.0. The summed E-state index contributed by atoms with van der Waals surface area (Å²) in [4.78, 5) is 10.8. The molecule has 6 heteroatoms. The number of benzene rings is 2. The van der Waals surface area contributed by atoms with E-state index in [-0.39, 0.29) is 23.6 Å². The van der Waals surface area contributed by atoms with Gasteiger partial charge in [-0.3, -0.25) is 10.1 Å². The minimum atomic E-state index is -0.435. The van der Waals surface area contributed by atoms with Crippen molar-refractivity contribution in [3.8, 4) is 5.75 Å². The highest BCUT2D eigenvalue weighted by atomic mass is 16.6. The Balaban J connectivity index is 1.95. The quantitative estimate of drug-likeness (QED) is 0.674. The fraction of sp³-hybridized carbons (Fsp3) is 0.333. The van der Waals surface area contributed by atoms with Crippen molar-refractivity contribution in [2.75, 3.05) is 13.2 Å². The van der Waals surface area contributed by atoms with Gasteiger partial charge < -0.3 is 14.8 Å². The topological polar surface area (TPSA) is 73.6 Å². The molecule has 1 heterocycles. The Morgan fingerprint density at radius 3 is 2.62 bits per heavy atom. The largest absolute Gasteiger partial charge is 0.476 e. The van der Waals surface area contributed by atoms with Gasteiger partial charge in [0.1, 0.15) is 6.10 Å². The van der Waals surface area contributed by atoms with Crippen LogP contribution in [-0.4, -0.2) is 30.2 Å². The Labute approximate surface area is 140 Å². The molecular formula is C18H20N2O4. The number of nitro groups is 1. The number of hydrogen-bond acceptors (Lipinski definition) is 5. The Bertz CT molecular complexity index is 692. The smallest absolute Gasteiger partial charge is 0.310 e. The van der Waals surface area contributed by atoms with Crippen LogP contribution in [0, 0.1) is 10.1 Å². The number of rotatable bonds is 5. The lowest BCUT2D eigenvalue weighted by molar-refractivity contribution is -0.386. The first kappa shape index (κ1) is 16.4. The molecule has 0 amide bonds. The average molecular weight is 328 g/mol. The molecule has 1 fully saturated rings. The van der Waals surface area contributed by atoms with E-state index in [0.717, 1.165) is 12.1 Å². The normalized spacial score (nSPS) is 21.9. The molecule has 0 aliphatic carbocycles. The lowest BCUT2D eigenvalue weighted by atomic mass is 9.98. The van der Waals surface area contributed by atoms with Crippen molar-refractivity contribution in [2.45, 2.75) is 25.2 Å². The number of para-hydroxylation sites is 2. The molecule has 3 rings (SSSR count). The predicted octanol–water partition coefficient (Wildman–Crippen LogP) is 3.09. The van der Waals surface area contributed by atoms with Gasteiger partial charge in [0.15, 0.2) is 11.9 Å². The summed E-state index contributed by atoms with van der Waals surface area (Å²) in [7, 11) is 0. The van der Waals surface area contributed by atoms with E-state index in [1.807, 2.05) is 37.3 Å². The summed E-state index contributed by atoms with van der Waals surface area (Å²) in [5, 5.41) is 14.6. The molecular weight excluding hydrogens is 308 g/mol. The van der Waals surface area contributed by atoms with Gasteiger partial charge in [0.05, 0.1) is 11.5 Å². The van der Waals surface area contributed by atoms with Gasteiger partial charge in [-0.25, -0.2) is 0 Å². The molecule has 1 aliphatic rings. The van der Waals surface area contributed by atoms with Gasteiger partial charge in [0.2, 0.25) is 0 Å². The fourth-order valence-corrected chi connectivity index (χ4v) is 2.90. The molecule has 0 aromatic heterocycles. The minimum absolute atomic E-state index is 0.0464. The van der Waals surface area contributed by atoms with E-state index in [1.54, 1.807) is 18.2 Å². The summed E-state index contributed by atoms with van der Waals surface area (Å²) in [5.74, 6) is 0.248. The van der Waals surface area contributed by atoms with Crippen LogP contribution in [0.2, 0.25) is 0 Å². The molecule has 3 atom stereocenters. The van der Waals surface area contributed by atoms with Crippen LogP contribution in [-0.2, 0) is 4.74 Å². The molecule has 2 aromatic rings. The van der Waals surface area contributed by atoms with Crippen LogP contribution in [0.5, 0.6) is 5.75 Å². The number of nitro benzene ring substituents is 1. The number of morpholine rings is 1. The molecule has 0 bridgehead atoms. The van der Waals surface area contributed by atoms with Crippen LogP contribution in [0.4, 0.5) is 5.69 Å². The van der Waals surface area contributed by atoms with E-state index in [0.29, 0.717) is 6.61 Å². The van der Waals surface area contributed by atoms with E-state index in [9.17, 15) is 10.1 Å². The SMILES string of the molecule is CC1NCCOC1C(Oc1ccccc1[N+](=O)[O-])c1ccccc1. The average Bonchev–Trinajstić information content (AvgIpc) is 2.61. The number of nitrogens with one attached hydrogen (secondary N) is 1. The van der Waals surface area contributed by atoms with Gasteiger partial charge >= 0.3 is 5.69 Å². The molecule has 2 aromatic carbocycles. The molecule has 1 saturated heterocycles. The Morgan fingerprint density at radius 2 is 1.92 bits per heavy atom. The summed E-state index contributed by atoms with van der Waals surface area (Å²) in [6.07, 6.45) is -0.670. The third kappa shape index (κ3) is 3.55. The van der Waals surface area contributed by atoms with Crippen LogP contribution in [0.15, 0.2) is 54.6 Å². The van der Waals surface area contributed by atoms with Crippen LogP contribution >= 0.6 is 0 Å². The second-order valence-corrected chi connectivity index (χ2v) is 5.75. The first-order valence-corrected chi connectivity index (χ1v) is 7.97. The highest BCUT2D eigenvalue weighted by Crippen LogP contribution is 2.34. The third-order valence-corrected chi connectivity index (χ3v) is 4.11. The van der Waals surface area contributed by atoms with E-state index in [1.165, 1.54) is 6.07 Å². The van der Waals surface area contributed by atoms with Crippen molar-refractivity contribution in [1.29, 1.82) is 0 Å². The van der Waals surface area contributed by atoms with Crippen molar-refractivity contribution < 1.29 is 14.4 Å². The minimum Gasteiger partial charge on any atom is -0.476 e. The number of hydrogen-bond donors (Lipinski definition) is 1. The van der Waals surface area contributed by atoms with Crippen LogP contribution in [0.25, 0.3) is 0 Å². The highest BCUT2D eigenvalue weighted by Gasteiger charge is 2.34. The van der Waals surface area contributed by atoms with Crippen molar-refractivity contribution in [1.82, 2.24) is 5.32 Å². The van der Waals surface area contributed by atoms with Crippen LogP contribution in [0.1, 0.15) is 18.6 Å². The molecule has 24 heavy (non-hydrogen) atoms. The van der Waals surface area contributed by atoms with Crippen molar-refractivity contribution >= 4 is 5.69 Å². The molecule has 0 saturated carbocycles. The standard InChI is InChI=1S/C18H20N2O4/c1-13-17(23-12-11-19-13)18(14-7-3-2-4-8-14)24-16-10-6-5-9-15(16)20(21)22/h2-10,13,17-19H,11-12H2,1H3.